The highest BCUT2D eigenvalue weighted by Gasteiger charge is 2.41. The van der Waals surface area contributed by atoms with Crippen molar-refractivity contribution in [2.24, 2.45) is 5.92 Å². The number of aliphatic hydroxyl groups excluding tert-OH is 1. The van der Waals surface area contributed by atoms with Crippen molar-refractivity contribution in [3.8, 4) is 0 Å². The molecule has 2 aliphatic rings. The molecule has 2 saturated heterocycles. The van der Waals surface area contributed by atoms with E-state index in [4.69, 9.17) is 5.11 Å². The van der Waals surface area contributed by atoms with E-state index >= 15 is 0 Å². The third-order valence-electron chi connectivity index (χ3n) is 4.19. The molecule has 3 N–H and O–H groups in total. The van der Waals surface area contributed by atoms with Gasteiger partial charge in [-0.15, -0.1) is 0 Å². The lowest BCUT2D eigenvalue weighted by Gasteiger charge is -2.35. The number of carboxylic acids is 1. The number of hydrogen-bond donors (Lipinski definition) is 3. The molecule has 8 nitrogen and oxygen atoms in total. The summed E-state index contributed by atoms with van der Waals surface area (Å²) in [5.41, 5.74) is 0. The van der Waals surface area contributed by atoms with Gasteiger partial charge in [0.25, 0.3) is 0 Å². The van der Waals surface area contributed by atoms with E-state index in [-0.39, 0.29) is 30.8 Å². The molecule has 2 heterocycles. The van der Waals surface area contributed by atoms with E-state index in [2.05, 4.69) is 5.32 Å². The molecule has 118 valence electrons. The van der Waals surface area contributed by atoms with Crippen molar-refractivity contribution in [1.82, 2.24) is 15.1 Å². The molecule has 0 saturated carbocycles. The first-order valence-electron chi connectivity index (χ1n) is 7.12. The minimum absolute atomic E-state index is 0.0258. The number of urea groups is 1. The summed E-state index contributed by atoms with van der Waals surface area (Å²) in [4.78, 5) is 37.9. The summed E-state index contributed by atoms with van der Waals surface area (Å²) in [7, 11) is 1.59. The number of nitrogens with zero attached hydrogens (tertiary/aromatic N) is 2. The number of aliphatic carboxylic acids is 1. The molecule has 2 atom stereocenters. The topological polar surface area (TPSA) is 110 Å². The fourth-order valence-corrected chi connectivity index (χ4v) is 2.98. The fourth-order valence-electron chi connectivity index (χ4n) is 2.98. The summed E-state index contributed by atoms with van der Waals surface area (Å²) in [6.07, 6.45) is 0.410. The Morgan fingerprint density at radius 1 is 1.19 bits per heavy atom. The van der Waals surface area contributed by atoms with Crippen molar-refractivity contribution in [2.45, 2.75) is 31.4 Å². The number of carboxylic acid groups (broad SMARTS) is 1. The van der Waals surface area contributed by atoms with Crippen LogP contribution < -0.4 is 5.32 Å². The monoisotopic (exact) mass is 299 g/mol. The highest BCUT2D eigenvalue weighted by molar-refractivity contribution is 5.84. The van der Waals surface area contributed by atoms with Gasteiger partial charge in [-0.1, -0.05) is 0 Å². The Hall–Kier alpha value is -1.83. The summed E-state index contributed by atoms with van der Waals surface area (Å²) in [5.74, 6) is -1.22. The lowest BCUT2D eigenvalue weighted by molar-refractivity contribution is -0.141. The van der Waals surface area contributed by atoms with E-state index in [0.29, 0.717) is 25.9 Å². The molecule has 0 radical (unpaired) electrons. The molecule has 0 aromatic carbocycles. The average Bonchev–Trinajstić information content (AvgIpc) is 2.88. The molecule has 2 aliphatic heterocycles. The van der Waals surface area contributed by atoms with Gasteiger partial charge in [-0.25, -0.2) is 9.59 Å². The molecular weight excluding hydrogens is 278 g/mol. The molecule has 0 bridgehead atoms. The molecule has 0 spiro atoms. The molecule has 2 rings (SSSR count). The third-order valence-corrected chi connectivity index (χ3v) is 4.19. The van der Waals surface area contributed by atoms with Crippen LogP contribution in [0.3, 0.4) is 0 Å². The van der Waals surface area contributed by atoms with Gasteiger partial charge >= 0.3 is 12.0 Å². The Bertz CT molecular complexity index is 434. The van der Waals surface area contributed by atoms with E-state index in [1.807, 2.05) is 0 Å². The molecular formula is C13H21N3O5. The normalized spacial score (nSPS) is 26.8. The number of amides is 3. The molecule has 2 unspecified atom stereocenters. The van der Waals surface area contributed by atoms with Crippen LogP contribution in [0.2, 0.25) is 0 Å². The van der Waals surface area contributed by atoms with E-state index in [9.17, 15) is 19.5 Å². The number of carbonyl (C=O) groups is 3. The Morgan fingerprint density at radius 2 is 1.81 bits per heavy atom. The lowest BCUT2D eigenvalue weighted by Crippen LogP contribution is -2.51. The van der Waals surface area contributed by atoms with Gasteiger partial charge in [0.2, 0.25) is 5.91 Å². The van der Waals surface area contributed by atoms with Gasteiger partial charge in [-0.05, 0) is 12.8 Å². The second-order valence-electron chi connectivity index (χ2n) is 5.55. The lowest BCUT2D eigenvalue weighted by atomic mass is 9.96. The van der Waals surface area contributed by atoms with Crippen molar-refractivity contribution in [3.63, 3.8) is 0 Å². The summed E-state index contributed by atoms with van der Waals surface area (Å²) in [6, 6.07) is -1.33. The largest absolute Gasteiger partial charge is 0.480 e. The van der Waals surface area contributed by atoms with Crippen LogP contribution >= 0.6 is 0 Å². The number of nitrogens with one attached hydrogen (secondary N) is 1. The van der Waals surface area contributed by atoms with Gasteiger partial charge in [-0.2, -0.15) is 0 Å². The van der Waals surface area contributed by atoms with Crippen LogP contribution in [0, 0.1) is 5.92 Å². The first-order chi connectivity index (χ1) is 9.93. The fraction of sp³-hybridized carbons (Fsp3) is 0.769. The summed E-state index contributed by atoms with van der Waals surface area (Å²) in [5, 5.41) is 21.3. The predicted molar refractivity (Wildman–Crippen MR) is 72.5 cm³/mol. The smallest absolute Gasteiger partial charge is 0.326 e. The van der Waals surface area contributed by atoms with Gasteiger partial charge in [0.05, 0.1) is 6.10 Å². The molecule has 2 fully saturated rings. The SMILES string of the molecule is CNC(=O)C1CCN(C(=O)N2CC(O)CC2C(=O)O)CC1. The van der Waals surface area contributed by atoms with Crippen molar-refractivity contribution in [3.05, 3.63) is 0 Å². The van der Waals surface area contributed by atoms with Crippen molar-refractivity contribution in [2.75, 3.05) is 26.7 Å². The minimum Gasteiger partial charge on any atom is -0.480 e. The second-order valence-corrected chi connectivity index (χ2v) is 5.55. The van der Waals surface area contributed by atoms with Gasteiger partial charge in [-0.3, -0.25) is 4.79 Å². The minimum atomic E-state index is -1.10. The summed E-state index contributed by atoms with van der Waals surface area (Å²) in [6.45, 7) is 0.900. The van der Waals surface area contributed by atoms with Crippen LogP contribution in [-0.4, -0.2) is 76.7 Å². The second kappa shape index (κ2) is 6.30. The highest BCUT2D eigenvalue weighted by atomic mass is 16.4. The predicted octanol–water partition coefficient (Wildman–Crippen LogP) is -0.916. The maximum atomic E-state index is 12.4. The molecule has 0 aromatic heterocycles. The third kappa shape index (κ3) is 3.26. The molecule has 21 heavy (non-hydrogen) atoms. The van der Waals surface area contributed by atoms with Crippen LogP contribution in [-0.2, 0) is 9.59 Å². The maximum Gasteiger partial charge on any atom is 0.326 e. The maximum absolute atomic E-state index is 12.4. The standard InChI is InChI=1S/C13H21N3O5/c1-14-11(18)8-2-4-15(5-3-8)13(21)16-7-9(17)6-10(16)12(19)20/h8-10,17H,2-7H2,1H3,(H,14,18)(H,19,20). The Kier molecular flexibility index (Phi) is 4.66. The number of hydrogen-bond acceptors (Lipinski definition) is 4. The average molecular weight is 299 g/mol. The number of rotatable bonds is 2. The number of carbonyl (C=O) groups excluding carboxylic acids is 2. The molecule has 0 aliphatic carbocycles. The number of piperidine rings is 1. The summed E-state index contributed by atoms with van der Waals surface area (Å²) >= 11 is 0. The number of aliphatic hydroxyl groups is 1. The van der Waals surface area contributed by atoms with Gasteiger partial charge in [0.1, 0.15) is 6.04 Å². The first-order valence-corrected chi connectivity index (χ1v) is 7.12. The Morgan fingerprint density at radius 3 is 2.33 bits per heavy atom. The number of likely N-dealkylation sites (tertiary alicyclic amines) is 2. The zero-order valence-electron chi connectivity index (χ0n) is 12.0. The van der Waals surface area contributed by atoms with Crippen LogP contribution in [0.25, 0.3) is 0 Å². The van der Waals surface area contributed by atoms with Gasteiger partial charge < -0.3 is 25.3 Å². The molecule has 8 heteroatoms. The number of β-amino-alcohol motifs (C(OH)–C–C–N with tert-alkyl or cyclic N) is 1. The van der Waals surface area contributed by atoms with Crippen LogP contribution in [0.15, 0.2) is 0 Å². The summed E-state index contributed by atoms with van der Waals surface area (Å²) < 4.78 is 0. The first kappa shape index (κ1) is 15.6. The van der Waals surface area contributed by atoms with E-state index in [1.165, 1.54) is 4.90 Å². The molecule has 3 amide bonds. The van der Waals surface area contributed by atoms with Crippen LogP contribution in [0.1, 0.15) is 19.3 Å². The van der Waals surface area contributed by atoms with Gasteiger partial charge in [0.15, 0.2) is 0 Å². The van der Waals surface area contributed by atoms with E-state index < -0.39 is 18.1 Å². The van der Waals surface area contributed by atoms with Crippen molar-refractivity contribution in [1.29, 1.82) is 0 Å². The Balaban J connectivity index is 1.95. The van der Waals surface area contributed by atoms with Crippen LogP contribution in [0.4, 0.5) is 4.79 Å². The van der Waals surface area contributed by atoms with Crippen molar-refractivity contribution < 1.29 is 24.6 Å². The van der Waals surface area contributed by atoms with E-state index in [1.54, 1.807) is 11.9 Å². The Labute approximate surface area is 122 Å². The van der Waals surface area contributed by atoms with E-state index in [0.717, 1.165) is 0 Å². The van der Waals surface area contributed by atoms with Crippen LogP contribution in [0.5, 0.6) is 0 Å². The highest BCUT2D eigenvalue weighted by Crippen LogP contribution is 2.23. The molecule has 0 aromatic rings. The van der Waals surface area contributed by atoms with Gasteiger partial charge in [0, 0.05) is 39.0 Å². The quantitative estimate of drug-likeness (QED) is 0.611. The zero-order chi connectivity index (χ0) is 15.6. The van der Waals surface area contributed by atoms with Crippen molar-refractivity contribution >= 4 is 17.9 Å². The zero-order valence-corrected chi connectivity index (χ0v) is 12.0.